The summed E-state index contributed by atoms with van der Waals surface area (Å²) in [5.74, 6) is -4.53. The number of carboxylic acid groups (broad SMARTS) is 2. The molecule has 0 saturated heterocycles. The van der Waals surface area contributed by atoms with Gasteiger partial charge in [0.05, 0.1) is 19.1 Å². The van der Waals surface area contributed by atoms with Crippen molar-refractivity contribution < 1.29 is 29.3 Å². The first-order valence-corrected chi connectivity index (χ1v) is 12.8. The lowest BCUT2D eigenvalue weighted by atomic mass is 9.85. The van der Waals surface area contributed by atoms with Crippen LogP contribution in [-0.2, 0) is 38.6 Å². The van der Waals surface area contributed by atoms with E-state index in [1.807, 2.05) is 30.3 Å². The quantitative estimate of drug-likeness (QED) is 0.249. The number of aliphatic carboxylic acids is 2. The molecular weight excluding hydrogens is 529 g/mol. The Morgan fingerprint density at radius 3 is 1.74 bits per heavy atom. The van der Waals surface area contributed by atoms with Gasteiger partial charge in [-0.05, 0) is 60.2 Å². The van der Waals surface area contributed by atoms with Crippen LogP contribution < -0.4 is 5.32 Å². The third kappa shape index (κ3) is 9.49. The van der Waals surface area contributed by atoms with Crippen molar-refractivity contribution in [3.8, 4) is 0 Å². The standard InChI is InChI=1S/C29H29Cl2NO6/c30-24-10-6-19(7-11-24)14-22(16-23(28(34)35)15-20-8-12-25(31)13-9-20)27(33)32-26(29(36)37)18-38-17-21-4-2-1-3-5-21/h1-13,22-23,26H,14-18H2,(H,32,33)(H,34,35)(H,36,37)/t22-,23-,26+/m1/s1. The fraction of sp³-hybridized carbons (Fsp3) is 0.276. The summed E-state index contributed by atoms with van der Waals surface area (Å²) in [5, 5.41) is 23.2. The predicted molar refractivity (Wildman–Crippen MR) is 145 cm³/mol. The second-order valence-corrected chi connectivity index (χ2v) is 9.90. The highest BCUT2D eigenvalue weighted by molar-refractivity contribution is 6.30. The van der Waals surface area contributed by atoms with Gasteiger partial charge in [-0.3, -0.25) is 9.59 Å². The van der Waals surface area contributed by atoms with Crippen LogP contribution in [0.5, 0.6) is 0 Å². The molecule has 0 aromatic heterocycles. The monoisotopic (exact) mass is 557 g/mol. The van der Waals surface area contributed by atoms with Gasteiger partial charge in [0, 0.05) is 16.0 Å². The first-order chi connectivity index (χ1) is 18.2. The zero-order valence-electron chi connectivity index (χ0n) is 20.6. The van der Waals surface area contributed by atoms with Gasteiger partial charge >= 0.3 is 11.9 Å². The minimum absolute atomic E-state index is 0.00360. The summed E-state index contributed by atoms with van der Waals surface area (Å²) in [5.41, 5.74) is 2.41. The summed E-state index contributed by atoms with van der Waals surface area (Å²) in [6.07, 6.45) is 0.410. The predicted octanol–water partition coefficient (Wildman–Crippen LogP) is 5.27. The summed E-state index contributed by atoms with van der Waals surface area (Å²) < 4.78 is 5.55. The van der Waals surface area contributed by atoms with Crippen molar-refractivity contribution in [2.75, 3.05) is 6.61 Å². The van der Waals surface area contributed by atoms with Crippen molar-refractivity contribution in [1.82, 2.24) is 5.32 Å². The molecule has 3 aromatic carbocycles. The van der Waals surface area contributed by atoms with Crippen LogP contribution in [0.2, 0.25) is 10.0 Å². The van der Waals surface area contributed by atoms with E-state index in [9.17, 15) is 24.6 Å². The van der Waals surface area contributed by atoms with E-state index in [2.05, 4.69) is 5.32 Å². The van der Waals surface area contributed by atoms with Crippen molar-refractivity contribution in [2.45, 2.75) is 31.9 Å². The van der Waals surface area contributed by atoms with Crippen LogP contribution in [0.15, 0.2) is 78.9 Å². The molecule has 38 heavy (non-hydrogen) atoms. The third-order valence-electron chi connectivity index (χ3n) is 6.09. The average molecular weight is 558 g/mol. The molecule has 0 saturated carbocycles. The zero-order chi connectivity index (χ0) is 27.5. The number of ether oxygens (including phenoxy) is 1. The van der Waals surface area contributed by atoms with E-state index in [1.54, 1.807) is 48.5 Å². The van der Waals surface area contributed by atoms with E-state index in [4.69, 9.17) is 27.9 Å². The number of hydrogen-bond acceptors (Lipinski definition) is 4. The minimum Gasteiger partial charge on any atom is -0.481 e. The first kappa shape index (κ1) is 29.2. The average Bonchev–Trinajstić information content (AvgIpc) is 2.90. The van der Waals surface area contributed by atoms with Gasteiger partial charge in [-0.15, -0.1) is 0 Å². The summed E-state index contributed by atoms with van der Waals surface area (Å²) in [7, 11) is 0. The molecule has 0 fully saturated rings. The molecule has 0 aliphatic heterocycles. The number of amides is 1. The molecule has 3 rings (SSSR count). The van der Waals surface area contributed by atoms with Crippen molar-refractivity contribution in [3.05, 3.63) is 106 Å². The minimum atomic E-state index is -1.29. The Labute approximate surface area is 231 Å². The molecule has 0 spiro atoms. The van der Waals surface area contributed by atoms with Gasteiger partial charge in [0.2, 0.25) is 5.91 Å². The topological polar surface area (TPSA) is 113 Å². The summed E-state index contributed by atoms with van der Waals surface area (Å²) in [6.45, 7) is -0.0480. The Morgan fingerprint density at radius 2 is 1.24 bits per heavy atom. The SMILES string of the molecule is O=C(O)[C@H](Cc1ccc(Cl)cc1)C[C@@H](Cc1ccc(Cl)cc1)C(=O)N[C@@H](COCc1ccccc1)C(=O)O. The van der Waals surface area contributed by atoms with E-state index < -0.39 is 35.7 Å². The number of rotatable bonds is 14. The molecule has 7 nitrogen and oxygen atoms in total. The van der Waals surface area contributed by atoms with Crippen LogP contribution >= 0.6 is 23.2 Å². The maximum absolute atomic E-state index is 13.4. The third-order valence-corrected chi connectivity index (χ3v) is 6.59. The van der Waals surface area contributed by atoms with Gasteiger partial charge in [-0.25, -0.2) is 4.79 Å². The summed E-state index contributed by atoms with van der Waals surface area (Å²) in [4.78, 5) is 37.4. The molecule has 0 radical (unpaired) electrons. The van der Waals surface area contributed by atoms with E-state index in [0.29, 0.717) is 10.0 Å². The van der Waals surface area contributed by atoms with Crippen molar-refractivity contribution in [2.24, 2.45) is 11.8 Å². The van der Waals surface area contributed by atoms with Crippen LogP contribution in [0.4, 0.5) is 0 Å². The Kier molecular flexibility index (Phi) is 11.1. The molecule has 1 amide bonds. The van der Waals surface area contributed by atoms with Crippen LogP contribution in [0.25, 0.3) is 0 Å². The molecule has 9 heteroatoms. The number of hydrogen-bond donors (Lipinski definition) is 3. The number of carboxylic acids is 2. The van der Waals surface area contributed by atoms with Crippen molar-refractivity contribution >= 4 is 41.0 Å². The van der Waals surface area contributed by atoms with Crippen molar-refractivity contribution in [1.29, 1.82) is 0 Å². The highest BCUT2D eigenvalue weighted by Gasteiger charge is 2.30. The van der Waals surface area contributed by atoms with Gasteiger partial charge in [0.1, 0.15) is 0 Å². The molecule has 0 heterocycles. The fourth-order valence-corrected chi connectivity index (χ4v) is 4.29. The largest absolute Gasteiger partial charge is 0.481 e. The van der Waals surface area contributed by atoms with E-state index >= 15 is 0 Å². The Hall–Kier alpha value is -3.39. The highest BCUT2D eigenvalue weighted by atomic mass is 35.5. The van der Waals surface area contributed by atoms with Crippen LogP contribution in [0.1, 0.15) is 23.1 Å². The van der Waals surface area contributed by atoms with Gasteiger partial charge in [-0.1, -0.05) is 77.8 Å². The van der Waals surface area contributed by atoms with E-state index in [-0.39, 0.29) is 32.5 Å². The second-order valence-electron chi connectivity index (χ2n) is 9.03. The number of benzene rings is 3. The molecule has 3 N–H and O–H groups in total. The molecule has 0 unspecified atom stereocenters. The normalized spacial score (nSPS) is 13.3. The molecular formula is C29H29Cl2NO6. The second kappa shape index (κ2) is 14.5. The maximum atomic E-state index is 13.4. The van der Waals surface area contributed by atoms with Crippen LogP contribution in [0, 0.1) is 11.8 Å². The number of halogens is 2. The van der Waals surface area contributed by atoms with Crippen molar-refractivity contribution in [3.63, 3.8) is 0 Å². The van der Waals surface area contributed by atoms with Gasteiger partial charge in [-0.2, -0.15) is 0 Å². The molecule has 3 aromatic rings. The van der Waals surface area contributed by atoms with Crippen LogP contribution in [0.3, 0.4) is 0 Å². The highest BCUT2D eigenvalue weighted by Crippen LogP contribution is 2.24. The summed E-state index contributed by atoms with van der Waals surface area (Å²) in [6, 6.07) is 21.7. The van der Waals surface area contributed by atoms with Gasteiger partial charge in [0.25, 0.3) is 0 Å². The number of carbonyl (C=O) groups excluding carboxylic acids is 1. The number of nitrogens with one attached hydrogen (secondary N) is 1. The number of carbonyl (C=O) groups is 3. The Bertz CT molecular complexity index is 1200. The summed E-state index contributed by atoms with van der Waals surface area (Å²) >= 11 is 11.9. The molecule has 200 valence electrons. The zero-order valence-corrected chi connectivity index (χ0v) is 22.1. The smallest absolute Gasteiger partial charge is 0.328 e. The Balaban J connectivity index is 1.74. The van der Waals surface area contributed by atoms with E-state index in [1.165, 1.54) is 0 Å². The lowest BCUT2D eigenvalue weighted by molar-refractivity contribution is -0.146. The molecule has 0 aliphatic carbocycles. The molecule has 0 aliphatic rings. The van der Waals surface area contributed by atoms with Gasteiger partial charge in [0.15, 0.2) is 6.04 Å². The lowest BCUT2D eigenvalue weighted by Gasteiger charge is -2.23. The van der Waals surface area contributed by atoms with Gasteiger partial charge < -0.3 is 20.3 Å². The maximum Gasteiger partial charge on any atom is 0.328 e. The van der Waals surface area contributed by atoms with E-state index in [0.717, 1.165) is 16.7 Å². The fourth-order valence-electron chi connectivity index (χ4n) is 4.04. The molecule has 0 bridgehead atoms. The van der Waals surface area contributed by atoms with Crippen LogP contribution in [-0.4, -0.2) is 40.7 Å². The Morgan fingerprint density at radius 1 is 0.711 bits per heavy atom. The first-order valence-electron chi connectivity index (χ1n) is 12.1. The lowest BCUT2D eigenvalue weighted by Crippen LogP contribution is -2.47. The molecule has 3 atom stereocenters.